The van der Waals surface area contributed by atoms with E-state index in [9.17, 15) is 13.9 Å². The van der Waals surface area contributed by atoms with Crippen molar-refractivity contribution in [3.05, 3.63) is 23.9 Å². The van der Waals surface area contributed by atoms with Crippen molar-refractivity contribution in [2.75, 3.05) is 12.3 Å². The van der Waals surface area contributed by atoms with E-state index in [2.05, 4.69) is 10.1 Å². The Balaban J connectivity index is 2.10. The van der Waals surface area contributed by atoms with Gasteiger partial charge in [-0.15, -0.1) is 0 Å². The highest BCUT2D eigenvalue weighted by Crippen LogP contribution is 2.37. The Morgan fingerprint density at radius 3 is 2.90 bits per heavy atom. The number of rotatable bonds is 2. The third kappa shape index (κ3) is 1.74. The van der Waals surface area contributed by atoms with E-state index < -0.39 is 36.9 Å². The molecule has 0 aliphatic carbocycles. The standard InChI is InChI=1S/C11H12F2N4O3/c12-4-1-5(17-8(4)11(14)15-3-16-17)10-7(13)9(19)6(2-18)20-10/h1,3,6-7,9-10,18-19H,2H2,(H2,14,15,16)/t6-,7-,9-,10+/m1/s1. The van der Waals surface area contributed by atoms with Gasteiger partial charge in [-0.05, 0) is 0 Å². The van der Waals surface area contributed by atoms with Crippen molar-refractivity contribution in [2.45, 2.75) is 24.5 Å². The monoisotopic (exact) mass is 286 g/mol. The van der Waals surface area contributed by atoms with Crippen LogP contribution in [0.3, 0.4) is 0 Å². The fraction of sp³-hybridized carbons (Fsp3) is 0.455. The van der Waals surface area contributed by atoms with E-state index in [1.54, 1.807) is 0 Å². The number of halogens is 2. The summed E-state index contributed by atoms with van der Waals surface area (Å²) in [7, 11) is 0. The highest BCUT2D eigenvalue weighted by Gasteiger charge is 2.46. The van der Waals surface area contributed by atoms with E-state index in [4.69, 9.17) is 15.6 Å². The predicted octanol–water partition coefficient (Wildman–Crippen LogP) is -0.418. The first-order valence-electron chi connectivity index (χ1n) is 5.90. The summed E-state index contributed by atoms with van der Waals surface area (Å²) in [6.45, 7) is -0.541. The Hall–Kier alpha value is -1.84. The normalized spacial score (nSPS) is 30.2. The van der Waals surface area contributed by atoms with Gasteiger partial charge in [0.2, 0.25) is 0 Å². The zero-order chi connectivity index (χ0) is 14.4. The minimum atomic E-state index is -1.80. The summed E-state index contributed by atoms with van der Waals surface area (Å²) in [6, 6.07) is 1.03. The largest absolute Gasteiger partial charge is 0.394 e. The highest BCUT2D eigenvalue weighted by atomic mass is 19.1. The molecule has 0 spiro atoms. The summed E-state index contributed by atoms with van der Waals surface area (Å²) in [5, 5.41) is 22.4. The van der Waals surface area contributed by atoms with Gasteiger partial charge in [0.25, 0.3) is 0 Å². The van der Waals surface area contributed by atoms with Gasteiger partial charge >= 0.3 is 0 Å². The molecule has 1 aliphatic heterocycles. The van der Waals surface area contributed by atoms with Crippen molar-refractivity contribution in [1.82, 2.24) is 14.6 Å². The van der Waals surface area contributed by atoms with Gasteiger partial charge in [-0.3, -0.25) is 0 Å². The van der Waals surface area contributed by atoms with Crippen molar-refractivity contribution in [1.29, 1.82) is 0 Å². The second-order valence-electron chi connectivity index (χ2n) is 4.54. The zero-order valence-electron chi connectivity index (χ0n) is 10.1. The molecule has 0 unspecified atom stereocenters. The quantitative estimate of drug-likeness (QED) is 0.692. The number of hydrogen-bond acceptors (Lipinski definition) is 6. The van der Waals surface area contributed by atoms with Crippen molar-refractivity contribution < 1.29 is 23.7 Å². The average Bonchev–Trinajstić information content (AvgIpc) is 2.90. The van der Waals surface area contributed by atoms with Gasteiger partial charge in [0.05, 0.1) is 12.3 Å². The van der Waals surface area contributed by atoms with Gasteiger partial charge in [-0.1, -0.05) is 0 Å². The molecule has 1 fully saturated rings. The number of nitrogens with two attached hydrogens (primary N) is 1. The second kappa shape index (κ2) is 4.62. The van der Waals surface area contributed by atoms with Crippen LogP contribution < -0.4 is 5.73 Å². The molecule has 1 saturated heterocycles. The molecular weight excluding hydrogens is 274 g/mol. The lowest BCUT2D eigenvalue weighted by Gasteiger charge is -2.12. The van der Waals surface area contributed by atoms with Crippen LogP contribution in [0.5, 0.6) is 0 Å². The summed E-state index contributed by atoms with van der Waals surface area (Å²) >= 11 is 0. The minimum Gasteiger partial charge on any atom is -0.394 e. The highest BCUT2D eigenvalue weighted by molar-refractivity contribution is 5.66. The summed E-state index contributed by atoms with van der Waals surface area (Å²) in [5.74, 6) is -0.799. The summed E-state index contributed by atoms with van der Waals surface area (Å²) in [5.41, 5.74) is 5.53. The third-order valence-corrected chi connectivity index (χ3v) is 3.35. The molecule has 2 aromatic rings. The van der Waals surface area contributed by atoms with Crippen LogP contribution in [0.25, 0.3) is 5.52 Å². The van der Waals surface area contributed by atoms with Gasteiger partial charge in [-0.25, -0.2) is 18.3 Å². The Kier molecular flexibility index (Phi) is 3.04. The molecule has 3 rings (SSSR count). The molecule has 4 atom stereocenters. The number of nitrogen functional groups attached to an aromatic ring is 1. The number of ether oxygens (including phenoxy) is 1. The summed E-state index contributed by atoms with van der Waals surface area (Å²) in [6.07, 6.45) is -4.50. The van der Waals surface area contributed by atoms with Crippen LogP contribution in [0.15, 0.2) is 12.4 Å². The summed E-state index contributed by atoms with van der Waals surface area (Å²) in [4.78, 5) is 3.66. The molecule has 0 radical (unpaired) electrons. The molecule has 2 aromatic heterocycles. The van der Waals surface area contributed by atoms with Crippen LogP contribution in [0.2, 0.25) is 0 Å². The molecule has 4 N–H and O–H groups in total. The molecule has 0 bridgehead atoms. The smallest absolute Gasteiger partial charge is 0.160 e. The maximum absolute atomic E-state index is 14.0. The molecule has 20 heavy (non-hydrogen) atoms. The molecule has 0 amide bonds. The third-order valence-electron chi connectivity index (χ3n) is 3.35. The number of aromatic nitrogens is 3. The Labute approximate surface area is 111 Å². The van der Waals surface area contributed by atoms with Crippen LogP contribution in [-0.2, 0) is 4.74 Å². The van der Waals surface area contributed by atoms with Crippen molar-refractivity contribution in [3.63, 3.8) is 0 Å². The van der Waals surface area contributed by atoms with Crippen molar-refractivity contribution >= 4 is 11.3 Å². The van der Waals surface area contributed by atoms with Gasteiger partial charge < -0.3 is 20.7 Å². The molecule has 7 nitrogen and oxygen atoms in total. The Morgan fingerprint density at radius 1 is 1.50 bits per heavy atom. The van der Waals surface area contributed by atoms with E-state index in [1.807, 2.05) is 0 Å². The number of hydrogen-bond donors (Lipinski definition) is 3. The number of nitrogens with zero attached hydrogens (tertiary/aromatic N) is 3. The second-order valence-corrected chi connectivity index (χ2v) is 4.54. The van der Waals surface area contributed by atoms with Crippen LogP contribution in [-0.4, -0.2) is 49.8 Å². The Bertz CT molecular complexity index is 650. The number of aliphatic hydroxyl groups is 2. The first kappa shape index (κ1) is 13.2. The van der Waals surface area contributed by atoms with Gasteiger partial charge in [-0.2, -0.15) is 5.10 Å². The predicted molar refractivity (Wildman–Crippen MR) is 63.0 cm³/mol. The van der Waals surface area contributed by atoms with Gasteiger partial charge in [0.1, 0.15) is 30.2 Å². The summed E-state index contributed by atoms with van der Waals surface area (Å²) < 4.78 is 34.2. The SMILES string of the molecule is Nc1ncnn2c([C@@H]3O[C@H](CO)[C@@H](O)[C@H]3F)cc(F)c12. The van der Waals surface area contributed by atoms with E-state index >= 15 is 0 Å². The maximum Gasteiger partial charge on any atom is 0.160 e. The lowest BCUT2D eigenvalue weighted by Crippen LogP contribution is -2.30. The van der Waals surface area contributed by atoms with Gasteiger partial charge in [0.15, 0.2) is 17.8 Å². The van der Waals surface area contributed by atoms with Crippen LogP contribution >= 0.6 is 0 Å². The van der Waals surface area contributed by atoms with Gasteiger partial charge in [0, 0.05) is 6.07 Å². The molecule has 0 saturated carbocycles. The lowest BCUT2D eigenvalue weighted by atomic mass is 10.1. The molecule has 3 heterocycles. The molecule has 0 aromatic carbocycles. The van der Waals surface area contributed by atoms with Crippen molar-refractivity contribution in [2.24, 2.45) is 0 Å². The molecule has 1 aliphatic rings. The topological polar surface area (TPSA) is 106 Å². The minimum absolute atomic E-state index is 0.0640. The maximum atomic E-state index is 14.0. The fourth-order valence-corrected chi connectivity index (χ4v) is 2.36. The van der Waals surface area contributed by atoms with Crippen LogP contribution in [0.1, 0.15) is 11.8 Å². The molecule has 9 heteroatoms. The van der Waals surface area contributed by atoms with E-state index in [0.29, 0.717) is 0 Å². The van der Waals surface area contributed by atoms with Crippen LogP contribution in [0, 0.1) is 5.82 Å². The van der Waals surface area contributed by atoms with Crippen molar-refractivity contribution in [3.8, 4) is 0 Å². The molecule has 108 valence electrons. The van der Waals surface area contributed by atoms with E-state index in [-0.39, 0.29) is 17.0 Å². The number of fused-ring (bicyclic) bond motifs is 1. The average molecular weight is 286 g/mol. The Morgan fingerprint density at radius 2 is 2.25 bits per heavy atom. The zero-order valence-corrected chi connectivity index (χ0v) is 10.1. The van der Waals surface area contributed by atoms with Crippen LogP contribution in [0.4, 0.5) is 14.6 Å². The number of anilines is 1. The van der Waals surface area contributed by atoms with E-state index in [1.165, 1.54) is 0 Å². The first-order chi connectivity index (χ1) is 9.54. The number of alkyl halides is 1. The number of aliphatic hydroxyl groups excluding tert-OH is 2. The lowest BCUT2D eigenvalue weighted by molar-refractivity contribution is -0.0241. The molecular formula is C11H12F2N4O3. The fourth-order valence-electron chi connectivity index (χ4n) is 2.36. The first-order valence-corrected chi connectivity index (χ1v) is 5.90. The van der Waals surface area contributed by atoms with E-state index in [0.717, 1.165) is 16.9 Å².